The van der Waals surface area contributed by atoms with Crippen LogP contribution in [0.2, 0.25) is 0 Å². The Morgan fingerprint density at radius 2 is 1.92 bits per heavy atom. The molecule has 1 aliphatic rings. The van der Waals surface area contributed by atoms with Crippen molar-refractivity contribution in [2.24, 2.45) is 0 Å². The smallest absolute Gasteiger partial charge is 0.228 e. The number of pyridine rings is 1. The van der Waals surface area contributed by atoms with Crippen molar-refractivity contribution in [2.45, 2.75) is 26.7 Å². The Balaban J connectivity index is 1.59. The van der Waals surface area contributed by atoms with Crippen LogP contribution < -0.4 is 4.90 Å². The second-order valence-corrected chi connectivity index (χ2v) is 5.98. The molecule has 2 aromatic rings. The molecule has 0 spiro atoms. The van der Waals surface area contributed by atoms with E-state index in [-0.39, 0.29) is 5.91 Å². The monoisotopic (exact) mass is 325 g/mol. The first-order valence-corrected chi connectivity index (χ1v) is 8.43. The average Bonchev–Trinajstić information content (AvgIpc) is 2.62. The van der Waals surface area contributed by atoms with Crippen LogP contribution in [0.1, 0.15) is 24.1 Å². The maximum absolute atomic E-state index is 12.4. The van der Waals surface area contributed by atoms with Gasteiger partial charge >= 0.3 is 0 Å². The molecule has 6 heteroatoms. The number of hydrogen-bond acceptors (Lipinski definition) is 5. The fourth-order valence-electron chi connectivity index (χ4n) is 2.91. The number of hydrogen-bond donors (Lipinski definition) is 0. The van der Waals surface area contributed by atoms with E-state index in [2.05, 4.69) is 32.8 Å². The summed E-state index contributed by atoms with van der Waals surface area (Å²) in [5.41, 5.74) is 1.88. The van der Waals surface area contributed by atoms with Crippen molar-refractivity contribution in [1.29, 1.82) is 0 Å². The van der Waals surface area contributed by atoms with Gasteiger partial charge in [-0.1, -0.05) is 13.0 Å². The molecule has 0 atom stereocenters. The lowest BCUT2D eigenvalue weighted by Crippen LogP contribution is -2.49. The number of rotatable bonds is 4. The molecular formula is C18H23N5O. The SMILES string of the molecule is CCc1cc(N2CCN(C(=O)Cc3ccccn3)CC2)nc(C)n1. The van der Waals surface area contributed by atoms with E-state index in [1.807, 2.05) is 30.0 Å². The third-order valence-corrected chi connectivity index (χ3v) is 4.25. The number of amides is 1. The molecule has 2 aromatic heterocycles. The number of aryl methyl sites for hydroxylation is 2. The second kappa shape index (κ2) is 7.38. The summed E-state index contributed by atoms with van der Waals surface area (Å²) in [6.07, 6.45) is 3.00. The van der Waals surface area contributed by atoms with Gasteiger partial charge in [-0.3, -0.25) is 9.78 Å². The molecule has 0 unspecified atom stereocenters. The van der Waals surface area contributed by atoms with E-state index in [0.29, 0.717) is 6.42 Å². The van der Waals surface area contributed by atoms with Gasteiger partial charge in [-0.15, -0.1) is 0 Å². The summed E-state index contributed by atoms with van der Waals surface area (Å²) in [5.74, 6) is 1.91. The van der Waals surface area contributed by atoms with Crippen LogP contribution in [0.25, 0.3) is 0 Å². The van der Waals surface area contributed by atoms with Gasteiger partial charge in [0.1, 0.15) is 11.6 Å². The predicted molar refractivity (Wildman–Crippen MR) is 92.9 cm³/mol. The summed E-state index contributed by atoms with van der Waals surface area (Å²) in [5, 5.41) is 0. The van der Waals surface area contributed by atoms with Gasteiger partial charge in [-0.05, 0) is 25.5 Å². The van der Waals surface area contributed by atoms with Gasteiger partial charge in [-0.2, -0.15) is 0 Å². The second-order valence-electron chi connectivity index (χ2n) is 5.98. The molecule has 3 rings (SSSR count). The maximum Gasteiger partial charge on any atom is 0.228 e. The molecule has 126 valence electrons. The molecule has 0 radical (unpaired) electrons. The molecular weight excluding hydrogens is 302 g/mol. The topological polar surface area (TPSA) is 62.2 Å². The van der Waals surface area contributed by atoms with Crippen LogP contribution in [0.4, 0.5) is 5.82 Å². The zero-order valence-corrected chi connectivity index (χ0v) is 14.3. The van der Waals surface area contributed by atoms with E-state index >= 15 is 0 Å². The van der Waals surface area contributed by atoms with Crippen LogP contribution in [0, 0.1) is 6.92 Å². The van der Waals surface area contributed by atoms with Crippen LogP contribution in [0.15, 0.2) is 30.5 Å². The molecule has 1 saturated heterocycles. The highest BCUT2D eigenvalue weighted by atomic mass is 16.2. The molecule has 0 bridgehead atoms. The lowest BCUT2D eigenvalue weighted by atomic mass is 10.2. The van der Waals surface area contributed by atoms with Crippen molar-refractivity contribution in [3.63, 3.8) is 0 Å². The third-order valence-electron chi connectivity index (χ3n) is 4.25. The Hall–Kier alpha value is -2.50. The van der Waals surface area contributed by atoms with E-state index < -0.39 is 0 Å². The summed E-state index contributed by atoms with van der Waals surface area (Å²) in [7, 11) is 0. The van der Waals surface area contributed by atoms with Gasteiger partial charge in [0.2, 0.25) is 5.91 Å². The number of carbonyl (C=O) groups excluding carboxylic acids is 1. The zero-order valence-electron chi connectivity index (χ0n) is 14.3. The van der Waals surface area contributed by atoms with E-state index in [4.69, 9.17) is 0 Å². The molecule has 0 aromatic carbocycles. The summed E-state index contributed by atoms with van der Waals surface area (Å²) >= 11 is 0. The van der Waals surface area contributed by atoms with Crippen LogP contribution in [-0.2, 0) is 17.6 Å². The fourth-order valence-corrected chi connectivity index (χ4v) is 2.91. The molecule has 1 fully saturated rings. The number of piperazine rings is 1. The molecule has 1 aliphatic heterocycles. The summed E-state index contributed by atoms with van der Waals surface area (Å²) in [6, 6.07) is 7.72. The minimum absolute atomic E-state index is 0.140. The van der Waals surface area contributed by atoms with E-state index in [9.17, 15) is 4.79 Å². The van der Waals surface area contributed by atoms with Gasteiger partial charge in [0.15, 0.2) is 0 Å². The first kappa shape index (κ1) is 16.4. The van der Waals surface area contributed by atoms with Crippen LogP contribution >= 0.6 is 0 Å². The molecule has 0 aliphatic carbocycles. The summed E-state index contributed by atoms with van der Waals surface area (Å²) in [4.78, 5) is 29.8. The summed E-state index contributed by atoms with van der Waals surface area (Å²) in [6.45, 7) is 7.06. The van der Waals surface area contributed by atoms with Crippen LogP contribution in [0.3, 0.4) is 0 Å². The molecule has 0 saturated carbocycles. The van der Waals surface area contributed by atoms with Crippen molar-refractivity contribution in [3.8, 4) is 0 Å². The highest BCUT2D eigenvalue weighted by Gasteiger charge is 2.22. The van der Waals surface area contributed by atoms with Crippen LogP contribution in [-0.4, -0.2) is 51.9 Å². The van der Waals surface area contributed by atoms with Gasteiger partial charge in [0.25, 0.3) is 0 Å². The van der Waals surface area contributed by atoms with Gasteiger partial charge < -0.3 is 9.80 Å². The molecule has 6 nitrogen and oxygen atoms in total. The van der Waals surface area contributed by atoms with Gasteiger partial charge in [0, 0.05) is 49.8 Å². The van der Waals surface area contributed by atoms with E-state index in [1.165, 1.54) is 0 Å². The largest absolute Gasteiger partial charge is 0.353 e. The van der Waals surface area contributed by atoms with Gasteiger partial charge in [-0.25, -0.2) is 9.97 Å². The highest BCUT2D eigenvalue weighted by molar-refractivity contribution is 5.78. The summed E-state index contributed by atoms with van der Waals surface area (Å²) < 4.78 is 0. The molecule has 3 heterocycles. The Bertz CT molecular complexity index is 696. The molecule has 1 amide bonds. The third kappa shape index (κ3) is 3.88. The molecule has 24 heavy (non-hydrogen) atoms. The van der Waals surface area contributed by atoms with Crippen molar-refractivity contribution in [3.05, 3.63) is 47.7 Å². The number of carbonyl (C=O) groups is 1. The fraction of sp³-hybridized carbons (Fsp3) is 0.444. The van der Waals surface area contributed by atoms with Crippen molar-refractivity contribution < 1.29 is 4.79 Å². The van der Waals surface area contributed by atoms with Crippen molar-refractivity contribution in [1.82, 2.24) is 19.9 Å². The minimum atomic E-state index is 0.140. The van der Waals surface area contributed by atoms with Crippen molar-refractivity contribution in [2.75, 3.05) is 31.1 Å². The first-order valence-electron chi connectivity index (χ1n) is 8.43. The molecule has 0 N–H and O–H groups in total. The average molecular weight is 325 g/mol. The first-order chi connectivity index (χ1) is 11.7. The normalized spacial score (nSPS) is 14.8. The van der Waals surface area contributed by atoms with Gasteiger partial charge in [0.05, 0.1) is 6.42 Å². The van der Waals surface area contributed by atoms with E-state index in [0.717, 1.165) is 55.6 Å². The zero-order chi connectivity index (χ0) is 16.9. The lowest BCUT2D eigenvalue weighted by molar-refractivity contribution is -0.130. The lowest BCUT2D eigenvalue weighted by Gasteiger charge is -2.35. The van der Waals surface area contributed by atoms with E-state index in [1.54, 1.807) is 6.20 Å². The number of anilines is 1. The maximum atomic E-state index is 12.4. The standard InChI is InChI=1S/C18H23N5O/c1-3-15-12-17(21-14(2)20-15)22-8-10-23(11-9-22)18(24)13-16-6-4-5-7-19-16/h4-7,12H,3,8-11,13H2,1-2H3. The number of aromatic nitrogens is 3. The Morgan fingerprint density at radius 1 is 1.12 bits per heavy atom. The quantitative estimate of drug-likeness (QED) is 0.855. The predicted octanol–water partition coefficient (Wildman–Crippen LogP) is 1.63. The number of nitrogens with zero attached hydrogens (tertiary/aromatic N) is 5. The highest BCUT2D eigenvalue weighted by Crippen LogP contribution is 2.16. The Morgan fingerprint density at radius 3 is 2.58 bits per heavy atom. The Labute approximate surface area is 142 Å². The Kier molecular flexibility index (Phi) is 5.03. The van der Waals surface area contributed by atoms with Crippen molar-refractivity contribution >= 4 is 11.7 Å². The minimum Gasteiger partial charge on any atom is -0.353 e. The van der Waals surface area contributed by atoms with Crippen LogP contribution in [0.5, 0.6) is 0 Å².